The van der Waals surface area contributed by atoms with Crippen molar-refractivity contribution in [2.75, 3.05) is 50.1 Å². The average molecular weight is 383 g/mol. The van der Waals surface area contributed by atoms with E-state index in [-0.39, 0.29) is 18.4 Å². The van der Waals surface area contributed by atoms with Gasteiger partial charge in [0.2, 0.25) is 5.91 Å². The Morgan fingerprint density at radius 3 is 2.39 bits per heavy atom. The molecule has 0 radical (unpaired) electrons. The molecule has 1 fully saturated rings. The van der Waals surface area contributed by atoms with Crippen LogP contribution >= 0.6 is 0 Å². The zero-order chi connectivity index (χ0) is 19.9. The van der Waals surface area contributed by atoms with Crippen LogP contribution < -0.4 is 19.7 Å². The van der Waals surface area contributed by atoms with E-state index in [1.165, 1.54) is 6.92 Å². The minimum Gasteiger partial charge on any atom is -0.493 e. The number of carbonyl (C=O) groups excluding carboxylic acids is 2. The molecule has 1 aliphatic heterocycles. The van der Waals surface area contributed by atoms with Crippen LogP contribution in [-0.2, 0) is 9.59 Å². The molecule has 2 amide bonds. The predicted octanol–water partition coefficient (Wildman–Crippen LogP) is 2.38. The summed E-state index contributed by atoms with van der Waals surface area (Å²) in [6.45, 7) is 4.17. The summed E-state index contributed by atoms with van der Waals surface area (Å²) in [5.74, 6) is 1.03. The van der Waals surface area contributed by atoms with Crippen LogP contribution in [0.25, 0.3) is 0 Å². The Morgan fingerprint density at radius 1 is 1.00 bits per heavy atom. The second-order valence-corrected chi connectivity index (χ2v) is 6.54. The summed E-state index contributed by atoms with van der Waals surface area (Å²) in [4.78, 5) is 27.7. The zero-order valence-electron chi connectivity index (χ0n) is 16.2. The van der Waals surface area contributed by atoms with Gasteiger partial charge >= 0.3 is 0 Å². The number of nitrogens with one attached hydrogen (secondary N) is 1. The van der Waals surface area contributed by atoms with E-state index in [2.05, 4.69) is 10.2 Å². The van der Waals surface area contributed by atoms with Gasteiger partial charge in [-0.15, -0.1) is 0 Å². The Hall–Kier alpha value is -3.22. The number of rotatable bonds is 6. The molecule has 0 unspecified atom stereocenters. The highest BCUT2D eigenvalue weighted by Gasteiger charge is 2.22. The number of hydrogen-bond acceptors (Lipinski definition) is 5. The minimum atomic E-state index is -0.0948. The van der Waals surface area contributed by atoms with Crippen LogP contribution in [0.4, 0.5) is 11.4 Å². The van der Waals surface area contributed by atoms with E-state index in [4.69, 9.17) is 9.47 Å². The van der Waals surface area contributed by atoms with Crippen LogP contribution in [-0.4, -0.2) is 56.6 Å². The van der Waals surface area contributed by atoms with Crippen molar-refractivity contribution in [2.24, 2.45) is 0 Å². The first kappa shape index (κ1) is 19.5. The summed E-state index contributed by atoms with van der Waals surface area (Å²) in [6, 6.07) is 15.0. The molecule has 28 heavy (non-hydrogen) atoms. The van der Waals surface area contributed by atoms with Gasteiger partial charge in [0.25, 0.3) is 5.91 Å². The number of hydrogen-bond donors (Lipinski definition) is 1. The first-order valence-corrected chi connectivity index (χ1v) is 9.23. The van der Waals surface area contributed by atoms with Crippen LogP contribution in [0.3, 0.4) is 0 Å². The summed E-state index contributed by atoms with van der Waals surface area (Å²) in [5.41, 5.74) is 1.80. The number of amides is 2. The largest absolute Gasteiger partial charge is 0.493 e. The van der Waals surface area contributed by atoms with Crippen molar-refractivity contribution in [2.45, 2.75) is 6.92 Å². The SMILES string of the molecule is COc1ccccc1OCC(=O)N1CCN(c2cccc(NC(C)=O)c2)CC1. The Labute approximate surface area is 164 Å². The Morgan fingerprint density at radius 2 is 1.71 bits per heavy atom. The third kappa shape index (κ3) is 4.94. The molecule has 0 aromatic heterocycles. The molecule has 1 N–H and O–H groups in total. The molecule has 1 saturated heterocycles. The van der Waals surface area contributed by atoms with Crippen molar-refractivity contribution in [1.82, 2.24) is 4.90 Å². The molecule has 7 nitrogen and oxygen atoms in total. The van der Waals surface area contributed by atoms with Gasteiger partial charge in [0.15, 0.2) is 18.1 Å². The Bertz CT molecular complexity index is 832. The van der Waals surface area contributed by atoms with Crippen LogP contribution in [0.1, 0.15) is 6.92 Å². The van der Waals surface area contributed by atoms with Gasteiger partial charge in [-0.3, -0.25) is 9.59 Å². The highest BCUT2D eigenvalue weighted by atomic mass is 16.5. The van der Waals surface area contributed by atoms with E-state index in [0.717, 1.165) is 24.5 Å². The minimum absolute atomic E-state index is 0.0155. The summed E-state index contributed by atoms with van der Waals surface area (Å²) in [7, 11) is 1.57. The van der Waals surface area contributed by atoms with Crippen LogP contribution in [0.5, 0.6) is 11.5 Å². The van der Waals surface area contributed by atoms with Crippen LogP contribution in [0.2, 0.25) is 0 Å². The molecule has 0 atom stereocenters. The summed E-state index contributed by atoms with van der Waals surface area (Å²) >= 11 is 0. The van der Waals surface area contributed by atoms with Gasteiger partial charge in [0.05, 0.1) is 7.11 Å². The second-order valence-electron chi connectivity index (χ2n) is 6.54. The number of methoxy groups -OCH3 is 1. The lowest BCUT2D eigenvalue weighted by Crippen LogP contribution is -2.50. The van der Waals surface area contributed by atoms with Crippen molar-refractivity contribution in [3.63, 3.8) is 0 Å². The van der Waals surface area contributed by atoms with Gasteiger partial charge in [0, 0.05) is 44.5 Å². The van der Waals surface area contributed by atoms with Crippen molar-refractivity contribution in [3.8, 4) is 11.5 Å². The smallest absolute Gasteiger partial charge is 0.260 e. The topological polar surface area (TPSA) is 71.1 Å². The van der Waals surface area contributed by atoms with Gasteiger partial charge in [-0.2, -0.15) is 0 Å². The standard InChI is InChI=1S/C21H25N3O4/c1-16(25)22-17-6-5-7-18(14-17)23-10-12-24(13-11-23)21(26)15-28-20-9-4-3-8-19(20)27-2/h3-9,14H,10-13,15H2,1-2H3,(H,22,25). The lowest BCUT2D eigenvalue weighted by atomic mass is 10.2. The molecule has 0 bridgehead atoms. The van der Waals surface area contributed by atoms with E-state index in [9.17, 15) is 9.59 Å². The number of piperazine rings is 1. The lowest BCUT2D eigenvalue weighted by molar-refractivity contribution is -0.133. The number of carbonyl (C=O) groups is 2. The second kappa shape index (κ2) is 9.12. The number of nitrogens with zero attached hydrogens (tertiary/aromatic N) is 2. The first-order chi connectivity index (χ1) is 13.6. The Balaban J connectivity index is 1.52. The van der Waals surface area contributed by atoms with Gasteiger partial charge in [-0.1, -0.05) is 18.2 Å². The van der Waals surface area contributed by atoms with Crippen molar-refractivity contribution in [3.05, 3.63) is 48.5 Å². The molecule has 2 aromatic carbocycles. The predicted molar refractivity (Wildman–Crippen MR) is 108 cm³/mol. The third-order valence-corrected chi connectivity index (χ3v) is 4.58. The molecule has 0 aliphatic carbocycles. The fraction of sp³-hybridized carbons (Fsp3) is 0.333. The number of benzene rings is 2. The fourth-order valence-corrected chi connectivity index (χ4v) is 3.17. The third-order valence-electron chi connectivity index (χ3n) is 4.58. The van der Waals surface area contributed by atoms with Crippen LogP contribution in [0.15, 0.2) is 48.5 Å². The van der Waals surface area contributed by atoms with Gasteiger partial charge < -0.3 is 24.6 Å². The molecular formula is C21H25N3O4. The molecule has 1 heterocycles. The molecule has 7 heteroatoms. The van der Waals surface area contributed by atoms with Crippen molar-refractivity contribution < 1.29 is 19.1 Å². The normalized spacial score (nSPS) is 13.8. The molecular weight excluding hydrogens is 358 g/mol. The van der Waals surface area contributed by atoms with Crippen molar-refractivity contribution in [1.29, 1.82) is 0 Å². The molecule has 0 spiro atoms. The Kier molecular flexibility index (Phi) is 6.37. The summed E-state index contributed by atoms with van der Waals surface area (Å²) in [5, 5.41) is 2.80. The van der Waals surface area contributed by atoms with Gasteiger partial charge in [-0.05, 0) is 30.3 Å². The number of para-hydroxylation sites is 2. The lowest BCUT2D eigenvalue weighted by Gasteiger charge is -2.36. The quantitative estimate of drug-likeness (QED) is 0.829. The highest BCUT2D eigenvalue weighted by molar-refractivity contribution is 5.89. The van der Waals surface area contributed by atoms with E-state index in [1.807, 2.05) is 41.3 Å². The maximum Gasteiger partial charge on any atom is 0.260 e. The number of ether oxygens (including phenoxy) is 2. The fourth-order valence-electron chi connectivity index (χ4n) is 3.17. The molecule has 2 aromatic rings. The van der Waals surface area contributed by atoms with Gasteiger partial charge in [-0.25, -0.2) is 0 Å². The van der Waals surface area contributed by atoms with E-state index in [1.54, 1.807) is 19.2 Å². The van der Waals surface area contributed by atoms with E-state index >= 15 is 0 Å². The van der Waals surface area contributed by atoms with E-state index < -0.39 is 0 Å². The average Bonchev–Trinajstić information content (AvgIpc) is 2.72. The first-order valence-electron chi connectivity index (χ1n) is 9.23. The van der Waals surface area contributed by atoms with E-state index in [0.29, 0.717) is 24.6 Å². The maximum atomic E-state index is 12.5. The summed E-state index contributed by atoms with van der Waals surface area (Å²) in [6.07, 6.45) is 0. The monoisotopic (exact) mass is 383 g/mol. The maximum absolute atomic E-state index is 12.5. The molecule has 148 valence electrons. The number of anilines is 2. The molecule has 1 aliphatic rings. The molecule has 3 rings (SSSR count). The van der Waals surface area contributed by atoms with Crippen molar-refractivity contribution >= 4 is 23.2 Å². The zero-order valence-corrected chi connectivity index (χ0v) is 16.2. The molecule has 0 saturated carbocycles. The van der Waals surface area contributed by atoms with Gasteiger partial charge in [0.1, 0.15) is 0 Å². The summed E-state index contributed by atoms with van der Waals surface area (Å²) < 4.78 is 10.9. The van der Waals surface area contributed by atoms with Crippen LogP contribution in [0, 0.1) is 0 Å². The highest BCUT2D eigenvalue weighted by Crippen LogP contribution is 2.26.